The molecule has 3 rings (SSSR count). The minimum atomic E-state index is 0.145. The van der Waals surface area contributed by atoms with E-state index in [-0.39, 0.29) is 5.91 Å². The van der Waals surface area contributed by atoms with Crippen LogP contribution in [0.25, 0.3) is 0 Å². The van der Waals surface area contributed by atoms with E-state index in [2.05, 4.69) is 17.0 Å². The van der Waals surface area contributed by atoms with Gasteiger partial charge in [-0.25, -0.2) is 0 Å². The molecule has 1 aliphatic rings. The van der Waals surface area contributed by atoms with Gasteiger partial charge in [0.2, 0.25) is 0 Å². The van der Waals surface area contributed by atoms with Gasteiger partial charge in [0.15, 0.2) is 0 Å². The molecule has 0 atom stereocenters. The van der Waals surface area contributed by atoms with Gasteiger partial charge in [0.1, 0.15) is 0 Å². The van der Waals surface area contributed by atoms with Crippen molar-refractivity contribution in [3.05, 3.63) is 70.2 Å². The van der Waals surface area contributed by atoms with Crippen LogP contribution in [0.3, 0.4) is 0 Å². The molecule has 1 heterocycles. The van der Waals surface area contributed by atoms with Gasteiger partial charge in [-0.05, 0) is 43.2 Å². The molecule has 1 amide bonds. The molecular weight excluding hydrogens is 320 g/mol. The van der Waals surface area contributed by atoms with E-state index in [1.54, 1.807) is 0 Å². The molecule has 0 saturated carbocycles. The minimum absolute atomic E-state index is 0.145. The molecule has 0 unspecified atom stereocenters. The van der Waals surface area contributed by atoms with Crippen molar-refractivity contribution in [3.63, 3.8) is 0 Å². The summed E-state index contributed by atoms with van der Waals surface area (Å²) in [4.78, 5) is 17.1. The Morgan fingerprint density at radius 1 is 1.04 bits per heavy atom. The van der Waals surface area contributed by atoms with Gasteiger partial charge in [-0.2, -0.15) is 0 Å². The van der Waals surface area contributed by atoms with Crippen LogP contribution in [0.15, 0.2) is 48.5 Å². The summed E-state index contributed by atoms with van der Waals surface area (Å²) < 4.78 is 0. The average molecular weight is 343 g/mol. The van der Waals surface area contributed by atoms with Gasteiger partial charge in [-0.3, -0.25) is 9.69 Å². The first-order chi connectivity index (χ1) is 11.6. The van der Waals surface area contributed by atoms with E-state index >= 15 is 0 Å². The van der Waals surface area contributed by atoms with E-state index in [1.807, 2.05) is 48.2 Å². The first-order valence-electron chi connectivity index (χ1n) is 8.44. The molecule has 0 aromatic heterocycles. The maximum absolute atomic E-state index is 12.7. The summed E-state index contributed by atoms with van der Waals surface area (Å²) in [7, 11) is 0. The fourth-order valence-electron chi connectivity index (χ4n) is 3.14. The summed E-state index contributed by atoms with van der Waals surface area (Å²) in [5, 5.41) is 0.768. The zero-order valence-electron chi connectivity index (χ0n) is 14.0. The van der Waals surface area contributed by atoms with Gasteiger partial charge in [-0.15, -0.1) is 0 Å². The summed E-state index contributed by atoms with van der Waals surface area (Å²) in [5.41, 5.74) is 3.18. The molecule has 126 valence electrons. The second-order valence-electron chi connectivity index (χ2n) is 6.42. The number of halogens is 1. The molecule has 2 aromatic carbocycles. The lowest BCUT2D eigenvalue weighted by atomic mass is 10.1. The average Bonchev–Trinajstić information content (AvgIpc) is 2.82. The third kappa shape index (κ3) is 4.37. The Morgan fingerprint density at radius 2 is 1.83 bits per heavy atom. The molecule has 1 aliphatic heterocycles. The Bertz CT molecular complexity index is 699. The number of nitrogens with zero attached hydrogens (tertiary/aromatic N) is 2. The Kier molecular flexibility index (Phi) is 5.54. The van der Waals surface area contributed by atoms with Gasteiger partial charge in [0.05, 0.1) is 0 Å². The van der Waals surface area contributed by atoms with Crippen molar-refractivity contribution in [2.75, 3.05) is 26.2 Å². The van der Waals surface area contributed by atoms with Crippen molar-refractivity contribution in [1.29, 1.82) is 0 Å². The van der Waals surface area contributed by atoms with Crippen LogP contribution in [0, 0.1) is 6.92 Å². The monoisotopic (exact) mass is 342 g/mol. The van der Waals surface area contributed by atoms with Crippen molar-refractivity contribution in [2.45, 2.75) is 19.9 Å². The second-order valence-corrected chi connectivity index (χ2v) is 6.85. The van der Waals surface area contributed by atoms with Crippen LogP contribution in [0.2, 0.25) is 5.02 Å². The maximum atomic E-state index is 12.7. The lowest BCUT2D eigenvalue weighted by Gasteiger charge is -2.22. The van der Waals surface area contributed by atoms with Crippen LogP contribution in [0.5, 0.6) is 0 Å². The van der Waals surface area contributed by atoms with Gasteiger partial charge in [0, 0.05) is 43.3 Å². The molecule has 4 heteroatoms. The largest absolute Gasteiger partial charge is 0.337 e. The van der Waals surface area contributed by atoms with Crippen LogP contribution < -0.4 is 0 Å². The van der Waals surface area contributed by atoms with Crippen LogP contribution in [0.1, 0.15) is 27.9 Å². The SMILES string of the molecule is Cc1cccc(C(=O)N2CCCN(Cc3ccc(Cl)cc3)CC2)c1. The fourth-order valence-corrected chi connectivity index (χ4v) is 3.27. The van der Waals surface area contributed by atoms with Crippen molar-refractivity contribution >= 4 is 17.5 Å². The zero-order valence-corrected chi connectivity index (χ0v) is 14.8. The molecular formula is C20H23ClN2O. The molecule has 1 fully saturated rings. The molecule has 0 radical (unpaired) electrons. The van der Waals surface area contributed by atoms with E-state index in [9.17, 15) is 4.79 Å². The molecule has 2 aromatic rings. The van der Waals surface area contributed by atoms with Crippen molar-refractivity contribution in [1.82, 2.24) is 9.80 Å². The van der Waals surface area contributed by atoms with Crippen LogP contribution in [0.4, 0.5) is 0 Å². The third-order valence-electron chi connectivity index (χ3n) is 4.46. The first-order valence-corrected chi connectivity index (χ1v) is 8.82. The van der Waals surface area contributed by atoms with E-state index in [4.69, 9.17) is 11.6 Å². The number of hydrogen-bond acceptors (Lipinski definition) is 2. The van der Waals surface area contributed by atoms with E-state index in [1.165, 1.54) is 5.56 Å². The van der Waals surface area contributed by atoms with Crippen LogP contribution in [-0.2, 0) is 6.54 Å². The van der Waals surface area contributed by atoms with Crippen LogP contribution in [-0.4, -0.2) is 41.9 Å². The van der Waals surface area contributed by atoms with Crippen molar-refractivity contribution in [3.8, 4) is 0 Å². The summed E-state index contributed by atoms with van der Waals surface area (Å²) >= 11 is 5.95. The van der Waals surface area contributed by atoms with Gasteiger partial charge in [0.25, 0.3) is 5.91 Å². The number of carbonyl (C=O) groups excluding carboxylic acids is 1. The minimum Gasteiger partial charge on any atom is -0.337 e. The quantitative estimate of drug-likeness (QED) is 0.841. The lowest BCUT2D eigenvalue weighted by Crippen LogP contribution is -2.35. The molecule has 0 N–H and O–H groups in total. The maximum Gasteiger partial charge on any atom is 0.253 e. The number of hydrogen-bond donors (Lipinski definition) is 0. The van der Waals surface area contributed by atoms with E-state index in [0.717, 1.165) is 55.3 Å². The molecule has 0 aliphatic carbocycles. The van der Waals surface area contributed by atoms with Crippen molar-refractivity contribution in [2.24, 2.45) is 0 Å². The standard InChI is InChI=1S/C20H23ClN2O/c1-16-4-2-5-18(14-16)20(24)23-11-3-10-22(12-13-23)15-17-6-8-19(21)9-7-17/h2,4-9,14H,3,10-13,15H2,1H3. The molecule has 24 heavy (non-hydrogen) atoms. The first kappa shape index (κ1) is 17.0. The summed E-state index contributed by atoms with van der Waals surface area (Å²) in [5.74, 6) is 0.145. The highest BCUT2D eigenvalue weighted by molar-refractivity contribution is 6.30. The van der Waals surface area contributed by atoms with E-state index < -0.39 is 0 Å². The third-order valence-corrected chi connectivity index (χ3v) is 4.71. The number of amides is 1. The number of aryl methyl sites for hydroxylation is 1. The normalized spacial score (nSPS) is 16.0. The molecule has 0 bridgehead atoms. The number of benzene rings is 2. The highest BCUT2D eigenvalue weighted by Gasteiger charge is 2.20. The smallest absolute Gasteiger partial charge is 0.253 e. The predicted molar refractivity (Wildman–Crippen MR) is 98.4 cm³/mol. The van der Waals surface area contributed by atoms with Gasteiger partial charge in [-0.1, -0.05) is 41.4 Å². The number of carbonyl (C=O) groups is 1. The fraction of sp³-hybridized carbons (Fsp3) is 0.350. The Labute approximate surface area is 148 Å². The van der Waals surface area contributed by atoms with Crippen molar-refractivity contribution < 1.29 is 4.79 Å². The Hall–Kier alpha value is -1.84. The lowest BCUT2D eigenvalue weighted by molar-refractivity contribution is 0.0761. The summed E-state index contributed by atoms with van der Waals surface area (Å²) in [6.45, 7) is 6.45. The van der Waals surface area contributed by atoms with Gasteiger partial charge >= 0.3 is 0 Å². The Balaban J connectivity index is 1.60. The summed E-state index contributed by atoms with van der Waals surface area (Å²) in [6.07, 6.45) is 1.01. The second kappa shape index (κ2) is 7.82. The predicted octanol–water partition coefficient (Wildman–Crippen LogP) is 4.00. The van der Waals surface area contributed by atoms with Gasteiger partial charge < -0.3 is 4.90 Å². The highest BCUT2D eigenvalue weighted by atomic mass is 35.5. The molecule has 0 spiro atoms. The molecule has 3 nitrogen and oxygen atoms in total. The zero-order chi connectivity index (χ0) is 16.9. The topological polar surface area (TPSA) is 23.6 Å². The highest BCUT2D eigenvalue weighted by Crippen LogP contribution is 2.15. The van der Waals surface area contributed by atoms with Crippen LogP contribution >= 0.6 is 11.6 Å². The summed E-state index contributed by atoms with van der Waals surface area (Å²) in [6, 6.07) is 15.9. The molecule has 1 saturated heterocycles. The Morgan fingerprint density at radius 3 is 2.58 bits per heavy atom. The number of rotatable bonds is 3. The van der Waals surface area contributed by atoms with E-state index in [0.29, 0.717) is 0 Å².